The van der Waals surface area contributed by atoms with E-state index in [0.717, 1.165) is 13.2 Å². The molecule has 5 heteroatoms. The molecule has 0 radical (unpaired) electrons. The number of nitrogens with one attached hydrogen (secondary N) is 4. The van der Waals surface area contributed by atoms with E-state index in [4.69, 9.17) is 4.74 Å². The van der Waals surface area contributed by atoms with Crippen LogP contribution in [0.15, 0.2) is 0 Å². The van der Waals surface area contributed by atoms with Crippen LogP contribution in [0.25, 0.3) is 0 Å². The van der Waals surface area contributed by atoms with Gasteiger partial charge in [-0.3, -0.25) is 0 Å². The molecule has 0 bridgehead atoms. The summed E-state index contributed by atoms with van der Waals surface area (Å²) in [4.78, 5) is 0. The maximum absolute atomic E-state index is 5.07. The van der Waals surface area contributed by atoms with Gasteiger partial charge in [-0.25, -0.2) is 0 Å². The second-order valence-corrected chi connectivity index (χ2v) is 10.3. The van der Waals surface area contributed by atoms with E-state index in [1.165, 1.54) is 174 Å². The van der Waals surface area contributed by atoms with Gasteiger partial charge in [-0.2, -0.15) is 0 Å². The summed E-state index contributed by atoms with van der Waals surface area (Å²) in [5, 5.41) is 13.0. The third kappa shape index (κ3) is 26.4. The lowest BCUT2D eigenvalue weighted by Gasteiger charge is -2.09. The van der Waals surface area contributed by atoms with Crippen molar-refractivity contribution in [2.45, 2.75) is 122 Å². The summed E-state index contributed by atoms with van der Waals surface area (Å²) in [7, 11) is 0. The Labute approximate surface area is 213 Å². The van der Waals surface area contributed by atoms with Gasteiger partial charge < -0.3 is 26.0 Å². The van der Waals surface area contributed by atoms with Crippen LogP contribution >= 0.6 is 0 Å². The number of hydrogen-bond acceptors (Lipinski definition) is 5. The predicted molar refractivity (Wildman–Crippen MR) is 150 cm³/mol. The highest BCUT2D eigenvalue weighted by molar-refractivity contribution is 4.57. The van der Waals surface area contributed by atoms with E-state index < -0.39 is 0 Å². The van der Waals surface area contributed by atoms with Gasteiger partial charge in [0.15, 0.2) is 0 Å². The lowest BCUT2D eigenvalue weighted by Crippen LogP contribution is -2.29. The molecule has 6 fully saturated rings. The van der Waals surface area contributed by atoms with Crippen LogP contribution in [0.2, 0.25) is 0 Å². The smallest absolute Gasteiger partial charge is 0.0466 e. The van der Waals surface area contributed by atoms with Crippen molar-refractivity contribution in [2.75, 3.05) is 65.6 Å². The summed E-state index contributed by atoms with van der Waals surface area (Å²) in [6.07, 6.45) is 27.0. The Morgan fingerprint density at radius 1 is 0.235 bits per heavy atom. The first-order valence-corrected chi connectivity index (χ1v) is 15.4. The molecule has 0 spiro atoms. The zero-order valence-electron chi connectivity index (χ0n) is 22.9. The van der Waals surface area contributed by atoms with E-state index in [9.17, 15) is 0 Å². The Bertz CT molecular complexity index is 256. The number of rotatable bonds is 0. The molecule has 5 nitrogen and oxygen atoms in total. The average molecular weight is 483 g/mol. The minimum atomic E-state index is 1.00. The van der Waals surface area contributed by atoms with Crippen LogP contribution in [0.3, 0.4) is 0 Å². The van der Waals surface area contributed by atoms with Gasteiger partial charge in [-0.1, -0.05) is 57.8 Å². The summed E-state index contributed by atoms with van der Waals surface area (Å²) in [6, 6.07) is 0. The van der Waals surface area contributed by atoms with Crippen molar-refractivity contribution < 1.29 is 4.74 Å². The summed E-state index contributed by atoms with van der Waals surface area (Å²) in [6.45, 7) is 12.0. The standard InChI is InChI=1S/C6H13N.C6H12.C5H11N.C5H10O.C4H9N.C3H7N/c1-2-4-6-7-5-3-1;3*1-2-4-6-5-3-1;1-2-4-5-3-1;1-2-4-3-1/h7H,1-6H2;1-6H2;6H,1-5H2;1-5H2;5H,1-4H2;4H,1-3H2. The maximum atomic E-state index is 5.07. The van der Waals surface area contributed by atoms with Gasteiger partial charge in [-0.15, -0.1) is 0 Å². The first-order chi connectivity index (χ1) is 17.0. The fourth-order valence-electron chi connectivity index (χ4n) is 4.33. The maximum Gasteiger partial charge on any atom is 0.0466 e. The van der Waals surface area contributed by atoms with Gasteiger partial charge >= 0.3 is 0 Å². The molecule has 0 unspecified atom stereocenters. The van der Waals surface area contributed by atoms with Gasteiger partial charge in [0.2, 0.25) is 0 Å². The van der Waals surface area contributed by atoms with Crippen LogP contribution in [0.4, 0.5) is 0 Å². The molecule has 0 aromatic carbocycles. The van der Waals surface area contributed by atoms with Gasteiger partial charge in [-0.05, 0) is 117 Å². The molecular formula is C29H62N4O. The molecule has 5 heterocycles. The van der Waals surface area contributed by atoms with Crippen molar-refractivity contribution in [3.8, 4) is 0 Å². The lowest BCUT2D eigenvalue weighted by atomic mass is 10.0. The molecular weight excluding hydrogens is 420 g/mol. The summed E-state index contributed by atoms with van der Waals surface area (Å²) < 4.78 is 5.07. The van der Waals surface area contributed by atoms with Gasteiger partial charge in [0.1, 0.15) is 0 Å². The van der Waals surface area contributed by atoms with E-state index in [1.54, 1.807) is 0 Å². The quantitative estimate of drug-likeness (QED) is 0.352. The molecule has 1 saturated carbocycles. The molecule has 34 heavy (non-hydrogen) atoms. The first kappa shape index (κ1) is 31.8. The molecule has 5 saturated heterocycles. The van der Waals surface area contributed by atoms with Crippen LogP contribution in [0.1, 0.15) is 122 Å². The molecule has 4 N–H and O–H groups in total. The fraction of sp³-hybridized carbons (Fsp3) is 1.00. The molecule has 5 aliphatic heterocycles. The Kier molecular flexibility index (Phi) is 27.2. The molecule has 0 aromatic rings. The molecule has 0 atom stereocenters. The van der Waals surface area contributed by atoms with Crippen molar-refractivity contribution in [1.29, 1.82) is 0 Å². The monoisotopic (exact) mass is 482 g/mol. The van der Waals surface area contributed by atoms with Crippen LogP contribution in [-0.2, 0) is 4.74 Å². The van der Waals surface area contributed by atoms with E-state index in [1.807, 2.05) is 0 Å². The van der Waals surface area contributed by atoms with E-state index in [-0.39, 0.29) is 0 Å². The summed E-state index contributed by atoms with van der Waals surface area (Å²) >= 11 is 0. The van der Waals surface area contributed by atoms with Crippen molar-refractivity contribution in [1.82, 2.24) is 21.3 Å². The third-order valence-corrected chi connectivity index (χ3v) is 6.91. The highest BCUT2D eigenvalue weighted by atomic mass is 16.5. The van der Waals surface area contributed by atoms with Gasteiger partial charge in [0.25, 0.3) is 0 Å². The third-order valence-electron chi connectivity index (χ3n) is 6.91. The Morgan fingerprint density at radius 3 is 0.647 bits per heavy atom. The molecule has 6 rings (SSSR count). The van der Waals surface area contributed by atoms with Crippen LogP contribution in [-0.4, -0.2) is 65.6 Å². The Hall–Kier alpha value is -0.200. The van der Waals surface area contributed by atoms with Crippen LogP contribution in [0.5, 0.6) is 0 Å². The molecule has 6 aliphatic rings. The zero-order valence-corrected chi connectivity index (χ0v) is 22.9. The van der Waals surface area contributed by atoms with Crippen LogP contribution < -0.4 is 21.3 Å². The van der Waals surface area contributed by atoms with Crippen LogP contribution in [0, 0.1) is 0 Å². The largest absolute Gasteiger partial charge is 0.381 e. The number of hydrogen-bond donors (Lipinski definition) is 4. The van der Waals surface area contributed by atoms with Crippen molar-refractivity contribution in [3.05, 3.63) is 0 Å². The van der Waals surface area contributed by atoms with E-state index in [2.05, 4.69) is 21.3 Å². The highest BCUT2D eigenvalue weighted by Gasteiger charge is 1.97. The Balaban J connectivity index is 0.000000205. The van der Waals surface area contributed by atoms with Gasteiger partial charge in [0, 0.05) is 13.2 Å². The number of ether oxygens (including phenoxy) is 1. The van der Waals surface area contributed by atoms with Gasteiger partial charge in [0.05, 0.1) is 0 Å². The zero-order chi connectivity index (χ0) is 24.0. The lowest BCUT2D eigenvalue weighted by molar-refractivity contribution is 0.0968. The minimum absolute atomic E-state index is 1.00. The Morgan fingerprint density at radius 2 is 0.441 bits per heavy atom. The second-order valence-electron chi connectivity index (χ2n) is 10.3. The van der Waals surface area contributed by atoms with Crippen molar-refractivity contribution in [3.63, 3.8) is 0 Å². The summed E-state index contributed by atoms with van der Waals surface area (Å²) in [5.74, 6) is 0. The predicted octanol–water partition coefficient (Wildman–Crippen LogP) is 5.79. The number of piperidine rings is 1. The topological polar surface area (TPSA) is 57.3 Å². The highest BCUT2D eigenvalue weighted by Crippen LogP contribution is 2.15. The normalized spacial score (nSPS) is 24.0. The molecule has 204 valence electrons. The van der Waals surface area contributed by atoms with Crippen molar-refractivity contribution >= 4 is 0 Å². The van der Waals surface area contributed by atoms with Crippen molar-refractivity contribution in [2.24, 2.45) is 0 Å². The van der Waals surface area contributed by atoms with E-state index >= 15 is 0 Å². The SMILES string of the molecule is C1CCCCC1.C1CCCNCC1.C1CCNC1.C1CCNCC1.C1CCOCC1.C1CNC1. The first-order valence-electron chi connectivity index (χ1n) is 15.4. The molecule has 0 aromatic heterocycles. The van der Waals surface area contributed by atoms with E-state index in [0.29, 0.717) is 0 Å². The average Bonchev–Trinajstić information content (AvgIpc) is 3.35. The second kappa shape index (κ2) is 29.0. The summed E-state index contributed by atoms with van der Waals surface area (Å²) in [5.41, 5.74) is 0. The molecule has 0 amide bonds. The fourth-order valence-corrected chi connectivity index (χ4v) is 4.33. The molecule has 1 aliphatic carbocycles. The minimum Gasteiger partial charge on any atom is -0.381 e.